The van der Waals surface area contributed by atoms with Crippen LogP contribution in [0, 0.1) is 11.7 Å². The minimum absolute atomic E-state index is 0.0241. The zero-order valence-electron chi connectivity index (χ0n) is 18.6. The number of nitrogens with zero attached hydrogens (tertiary/aromatic N) is 3. The number of hydrogen-bond acceptors (Lipinski definition) is 6. The fourth-order valence-corrected chi connectivity index (χ4v) is 3.79. The third-order valence-corrected chi connectivity index (χ3v) is 5.59. The summed E-state index contributed by atoms with van der Waals surface area (Å²) in [5.41, 5.74) is 0.706. The number of piperazine rings is 1. The third kappa shape index (κ3) is 8.01. The van der Waals surface area contributed by atoms with Gasteiger partial charge in [0.05, 0.1) is 6.61 Å². The molecule has 182 valence electrons. The van der Waals surface area contributed by atoms with Gasteiger partial charge in [-0.3, -0.25) is 9.69 Å². The van der Waals surface area contributed by atoms with E-state index in [2.05, 4.69) is 4.90 Å². The van der Waals surface area contributed by atoms with Gasteiger partial charge in [0, 0.05) is 44.2 Å². The third-order valence-electron chi connectivity index (χ3n) is 5.59. The van der Waals surface area contributed by atoms with Crippen LogP contribution in [-0.4, -0.2) is 94.7 Å². The molecule has 10 nitrogen and oxygen atoms in total. The molecule has 33 heavy (non-hydrogen) atoms. The van der Waals surface area contributed by atoms with Crippen LogP contribution in [0.15, 0.2) is 24.3 Å². The van der Waals surface area contributed by atoms with Crippen LogP contribution in [-0.2, 0) is 25.7 Å². The molecule has 2 saturated heterocycles. The molecule has 1 aromatic carbocycles. The molecule has 2 heterocycles. The monoisotopic (exact) mass is 467 g/mol. The van der Waals surface area contributed by atoms with Crippen molar-refractivity contribution < 1.29 is 38.5 Å². The van der Waals surface area contributed by atoms with Crippen molar-refractivity contribution >= 4 is 23.9 Å². The van der Waals surface area contributed by atoms with Gasteiger partial charge >= 0.3 is 18.0 Å². The van der Waals surface area contributed by atoms with Crippen molar-refractivity contribution in [2.24, 2.45) is 5.92 Å². The van der Waals surface area contributed by atoms with E-state index in [-0.39, 0.29) is 23.7 Å². The molecule has 0 unspecified atom stereocenters. The highest BCUT2D eigenvalue weighted by atomic mass is 19.1. The van der Waals surface area contributed by atoms with Crippen molar-refractivity contribution in [2.45, 2.75) is 26.3 Å². The number of carboxylic acid groups (broad SMARTS) is 2. The van der Waals surface area contributed by atoms with E-state index < -0.39 is 11.9 Å². The molecule has 2 aliphatic rings. The van der Waals surface area contributed by atoms with E-state index in [0.717, 1.165) is 25.9 Å². The highest BCUT2D eigenvalue weighted by Crippen LogP contribution is 2.22. The molecule has 3 rings (SSSR count). The van der Waals surface area contributed by atoms with Gasteiger partial charge in [-0.1, -0.05) is 18.2 Å². The summed E-state index contributed by atoms with van der Waals surface area (Å²) in [5.74, 6) is -3.61. The maximum Gasteiger partial charge on any atom is 0.414 e. The molecule has 0 atom stereocenters. The van der Waals surface area contributed by atoms with Gasteiger partial charge in [-0.25, -0.2) is 18.8 Å². The van der Waals surface area contributed by atoms with Crippen molar-refractivity contribution in [1.82, 2.24) is 14.7 Å². The summed E-state index contributed by atoms with van der Waals surface area (Å²) in [6, 6.07) is 6.85. The second kappa shape index (κ2) is 12.7. The molecule has 1 aromatic rings. The number of rotatable bonds is 4. The van der Waals surface area contributed by atoms with Gasteiger partial charge in [-0.05, 0) is 38.9 Å². The van der Waals surface area contributed by atoms with Gasteiger partial charge in [-0.15, -0.1) is 0 Å². The molecule has 0 aromatic heterocycles. The summed E-state index contributed by atoms with van der Waals surface area (Å²) in [4.78, 5) is 48.5. The van der Waals surface area contributed by atoms with E-state index in [0.29, 0.717) is 44.9 Å². The first-order chi connectivity index (χ1) is 15.7. The fourth-order valence-electron chi connectivity index (χ4n) is 3.79. The Labute approximate surface area is 191 Å². The van der Waals surface area contributed by atoms with Gasteiger partial charge in [0.1, 0.15) is 5.82 Å². The molecule has 0 spiro atoms. The van der Waals surface area contributed by atoms with Gasteiger partial charge in [-0.2, -0.15) is 0 Å². The predicted octanol–water partition coefficient (Wildman–Crippen LogP) is 1.49. The van der Waals surface area contributed by atoms with Gasteiger partial charge in [0.25, 0.3) is 0 Å². The van der Waals surface area contributed by atoms with Crippen molar-refractivity contribution in [3.63, 3.8) is 0 Å². The molecule has 2 aliphatic heterocycles. The average molecular weight is 467 g/mol. The summed E-state index contributed by atoms with van der Waals surface area (Å²) in [7, 11) is 0. The fraction of sp³-hybridized carbons (Fsp3) is 0.545. The van der Waals surface area contributed by atoms with Crippen molar-refractivity contribution in [2.75, 3.05) is 45.9 Å². The standard InChI is InChI=1S/C20H28FN3O3.C2H2O4/c1-2-27-20(26)24-13-11-23(12-14-24)19(25)16-7-9-22(10-8-16)15-17-5-3-4-6-18(17)21;3-1(4)2(5)6/h3-6,16H,2,7-15H2,1H3;(H,3,4)(H,5,6). The highest BCUT2D eigenvalue weighted by molar-refractivity contribution is 6.27. The number of carboxylic acids is 2. The Hall–Kier alpha value is -3.21. The predicted molar refractivity (Wildman–Crippen MR) is 115 cm³/mol. The lowest BCUT2D eigenvalue weighted by molar-refractivity contribution is -0.159. The number of amides is 2. The summed E-state index contributed by atoms with van der Waals surface area (Å²) in [6.45, 7) is 6.51. The van der Waals surface area contributed by atoms with Crippen LogP contribution in [0.5, 0.6) is 0 Å². The van der Waals surface area contributed by atoms with Crippen LogP contribution >= 0.6 is 0 Å². The maximum atomic E-state index is 13.8. The van der Waals surface area contributed by atoms with Crippen LogP contribution in [0.4, 0.5) is 9.18 Å². The number of benzene rings is 1. The molecule has 0 bridgehead atoms. The molecule has 2 amide bonds. The first-order valence-corrected chi connectivity index (χ1v) is 10.8. The number of halogens is 1. The topological polar surface area (TPSA) is 128 Å². The molecule has 0 aliphatic carbocycles. The Morgan fingerprint density at radius 2 is 1.48 bits per heavy atom. The van der Waals surface area contributed by atoms with E-state index >= 15 is 0 Å². The highest BCUT2D eigenvalue weighted by Gasteiger charge is 2.31. The lowest BCUT2D eigenvalue weighted by Gasteiger charge is -2.38. The summed E-state index contributed by atoms with van der Waals surface area (Å²) in [5, 5.41) is 14.8. The number of likely N-dealkylation sites (tertiary alicyclic amines) is 1. The first-order valence-electron chi connectivity index (χ1n) is 10.8. The normalized spacial score (nSPS) is 17.0. The van der Waals surface area contributed by atoms with E-state index in [4.69, 9.17) is 24.5 Å². The minimum Gasteiger partial charge on any atom is -0.473 e. The zero-order chi connectivity index (χ0) is 24.4. The van der Waals surface area contributed by atoms with Gasteiger partial charge < -0.3 is 24.7 Å². The maximum absolute atomic E-state index is 13.8. The summed E-state index contributed by atoms with van der Waals surface area (Å²) < 4.78 is 18.8. The molecular formula is C22H30FN3O7. The quantitative estimate of drug-likeness (QED) is 0.638. The molecular weight excluding hydrogens is 437 g/mol. The Bertz CT molecular complexity index is 823. The number of aliphatic carboxylic acids is 2. The van der Waals surface area contributed by atoms with E-state index in [1.807, 2.05) is 17.0 Å². The van der Waals surface area contributed by atoms with Crippen molar-refractivity contribution in [3.05, 3.63) is 35.6 Å². The number of piperidine rings is 1. The Balaban J connectivity index is 0.000000569. The Morgan fingerprint density at radius 1 is 0.939 bits per heavy atom. The molecule has 2 N–H and O–H groups in total. The Kier molecular flexibility index (Phi) is 10.0. The molecule has 11 heteroatoms. The van der Waals surface area contributed by atoms with E-state index in [1.165, 1.54) is 6.07 Å². The number of hydrogen-bond donors (Lipinski definition) is 2. The summed E-state index contributed by atoms with van der Waals surface area (Å²) >= 11 is 0. The largest absolute Gasteiger partial charge is 0.473 e. The second-order valence-electron chi connectivity index (χ2n) is 7.76. The number of ether oxygens (including phenoxy) is 1. The molecule has 0 saturated carbocycles. The zero-order valence-corrected chi connectivity index (χ0v) is 18.6. The van der Waals surface area contributed by atoms with Crippen LogP contribution in [0.2, 0.25) is 0 Å². The Morgan fingerprint density at radius 3 is 2.00 bits per heavy atom. The number of carbonyl (C=O) groups excluding carboxylic acids is 2. The van der Waals surface area contributed by atoms with Gasteiger partial charge in [0.15, 0.2) is 0 Å². The first kappa shape index (κ1) is 26.0. The van der Waals surface area contributed by atoms with E-state index in [9.17, 15) is 14.0 Å². The number of carbonyl (C=O) groups is 4. The smallest absolute Gasteiger partial charge is 0.414 e. The second-order valence-corrected chi connectivity index (χ2v) is 7.76. The van der Waals surface area contributed by atoms with E-state index in [1.54, 1.807) is 17.9 Å². The lowest BCUT2D eigenvalue weighted by Crippen LogP contribution is -2.53. The van der Waals surface area contributed by atoms with Crippen LogP contribution in [0.3, 0.4) is 0 Å². The van der Waals surface area contributed by atoms with Crippen molar-refractivity contribution in [3.8, 4) is 0 Å². The van der Waals surface area contributed by atoms with Crippen LogP contribution in [0.25, 0.3) is 0 Å². The molecule has 0 radical (unpaired) electrons. The van der Waals surface area contributed by atoms with Crippen LogP contribution in [0.1, 0.15) is 25.3 Å². The lowest BCUT2D eigenvalue weighted by atomic mass is 9.94. The minimum atomic E-state index is -1.82. The SMILES string of the molecule is CCOC(=O)N1CCN(C(=O)C2CCN(Cc3ccccc3F)CC2)CC1.O=C(O)C(=O)O. The van der Waals surface area contributed by atoms with Crippen LogP contribution < -0.4 is 0 Å². The summed E-state index contributed by atoms with van der Waals surface area (Å²) in [6.07, 6.45) is 1.29. The van der Waals surface area contributed by atoms with Crippen molar-refractivity contribution in [1.29, 1.82) is 0 Å². The molecule has 2 fully saturated rings. The average Bonchev–Trinajstić information content (AvgIpc) is 2.81. The van der Waals surface area contributed by atoms with Gasteiger partial charge in [0.2, 0.25) is 5.91 Å².